The van der Waals surface area contributed by atoms with Gasteiger partial charge in [-0.25, -0.2) is 12.8 Å². The van der Waals surface area contributed by atoms with Crippen LogP contribution in [0.15, 0.2) is 24.3 Å². The predicted molar refractivity (Wildman–Crippen MR) is 93.2 cm³/mol. The molecule has 0 spiro atoms. The number of carbonyl (C=O) groups excluding carboxylic acids is 2. The number of rotatable bonds is 5. The zero-order valence-corrected chi connectivity index (χ0v) is 15.2. The molecule has 2 atom stereocenters. The number of hydrogen-bond donors (Lipinski definition) is 1. The van der Waals surface area contributed by atoms with Crippen LogP contribution in [-0.4, -0.2) is 49.7 Å². The Morgan fingerprint density at radius 1 is 1.12 bits per heavy atom. The van der Waals surface area contributed by atoms with Gasteiger partial charge in [-0.15, -0.1) is 0 Å². The number of likely N-dealkylation sites (tertiary alicyclic amines) is 1. The summed E-state index contributed by atoms with van der Waals surface area (Å²) in [6.07, 6.45) is 1.01. The van der Waals surface area contributed by atoms with Gasteiger partial charge in [-0.2, -0.15) is 0 Å². The van der Waals surface area contributed by atoms with Crippen molar-refractivity contribution >= 4 is 27.3 Å². The molecule has 2 unspecified atom stereocenters. The molecule has 1 N–H and O–H groups in total. The second-order valence-corrected chi connectivity index (χ2v) is 8.90. The average Bonchev–Trinajstić information content (AvgIpc) is 2.47. The van der Waals surface area contributed by atoms with Crippen LogP contribution in [0.5, 0.6) is 0 Å². The molecule has 138 valence electrons. The Labute approximate surface area is 147 Å². The van der Waals surface area contributed by atoms with E-state index in [-0.39, 0.29) is 0 Å². The molecule has 1 aromatic carbocycles. The minimum atomic E-state index is -3.87. The third-order valence-corrected chi connectivity index (χ3v) is 5.43. The van der Waals surface area contributed by atoms with Crippen molar-refractivity contribution in [2.45, 2.75) is 20.3 Å². The molecule has 0 aromatic heterocycles. The molecule has 1 heterocycles. The van der Waals surface area contributed by atoms with Crippen LogP contribution in [0.4, 0.5) is 10.1 Å². The summed E-state index contributed by atoms with van der Waals surface area (Å²) in [4.78, 5) is 25.7. The van der Waals surface area contributed by atoms with E-state index < -0.39 is 39.0 Å². The van der Waals surface area contributed by atoms with E-state index >= 15 is 0 Å². The Kier molecular flexibility index (Phi) is 6.16. The molecule has 2 amide bonds. The van der Waals surface area contributed by atoms with E-state index in [1.54, 1.807) is 4.90 Å². The predicted octanol–water partition coefficient (Wildman–Crippen LogP) is 1.68. The Morgan fingerprint density at radius 3 is 2.24 bits per heavy atom. The van der Waals surface area contributed by atoms with Crippen molar-refractivity contribution < 1.29 is 22.4 Å². The van der Waals surface area contributed by atoms with Crippen LogP contribution in [0, 0.1) is 17.7 Å². The van der Waals surface area contributed by atoms with Crippen LogP contribution in [0.2, 0.25) is 0 Å². The van der Waals surface area contributed by atoms with Crippen molar-refractivity contribution in [2.75, 3.05) is 29.9 Å². The van der Waals surface area contributed by atoms with E-state index in [0.29, 0.717) is 30.6 Å². The van der Waals surface area contributed by atoms with Crippen molar-refractivity contribution in [3.05, 3.63) is 30.1 Å². The second-order valence-electron chi connectivity index (χ2n) is 6.83. The van der Waals surface area contributed by atoms with Gasteiger partial charge in [0.05, 0.1) is 0 Å². The highest BCUT2D eigenvalue weighted by Crippen LogP contribution is 2.21. The van der Waals surface area contributed by atoms with Crippen LogP contribution in [0.3, 0.4) is 0 Å². The molecule has 0 bridgehead atoms. The molecular formula is C17H23FN2O4S. The minimum absolute atomic E-state index is 0.298. The van der Waals surface area contributed by atoms with Gasteiger partial charge >= 0.3 is 0 Å². The number of nitrogens with one attached hydrogen (secondary N) is 1. The van der Waals surface area contributed by atoms with Gasteiger partial charge in [-0.3, -0.25) is 9.59 Å². The minimum Gasteiger partial charge on any atom is -0.341 e. The first kappa shape index (κ1) is 19.4. The van der Waals surface area contributed by atoms with Crippen molar-refractivity contribution in [1.29, 1.82) is 0 Å². The zero-order valence-electron chi connectivity index (χ0n) is 14.4. The lowest BCUT2D eigenvalue weighted by Gasteiger charge is -2.34. The topological polar surface area (TPSA) is 83.6 Å². The largest absolute Gasteiger partial charge is 0.341 e. The summed E-state index contributed by atoms with van der Waals surface area (Å²) in [5.74, 6) is -2.47. The molecule has 1 fully saturated rings. The molecule has 0 aliphatic carbocycles. The highest BCUT2D eigenvalue weighted by atomic mass is 32.2. The van der Waals surface area contributed by atoms with Crippen LogP contribution in [-0.2, 0) is 19.4 Å². The monoisotopic (exact) mass is 370 g/mol. The van der Waals surface area contributed by atoms with E-state index in [0.717, 1.165) is 18.6 Å². The van der Waals surface area contributed by atoms with Gasteiger partial charge in [-0.1, -0.05) is 13.8 Å². The second kappa shape index (κ2) is 7.95. The number of halogens is 1. The Bertz CT molecular complexity index is 724. The van der Waals surface area contributed by atoms with Crippen molar-refractivity contribution in [2.24, 2.45) is 11.8 Å². The number of benzene rings is 1. The molecule has 1 aliphatic heterocycles. The summed E-state index contributed by atoms with van der Waals surface area (Å²) in [6, 6.07) is 4.99. The maximum Gasteiger partial charge on any atom is 0.239 e. The molecule has 25 heavy (non-hydrogen) atoms. The number of nitrogens with zero attached hydrogens (tertiary/aromatic N) is 1. The maximum atomic E-state index is 12.8. The summed E-state index contributed by atoms with van der Waals surface area (Å²) in [7, 11) is -3.87. The van der Waals surface area contributed by atoms with Gasteiger partial charge in [0, 0.05) is 18.8 Å². The molecule has 6 nitrogen and oxygen atoms in total. The zero-order chi connectivity index (χ0) is 18.6. The van der Waals surface area contributed by atoms with Gasteiger partial charge < -0.3 is 10.2 Å². The average molecular weight is 370 g/mol. The Morgan fingerprint density at radius 2 is 1.68 bits per heavy atom. The third kappa shape index (κ3) is 6.12. The number of piperidine rings is 1. The van der Waals surface area contributed by atoms with E-state index in [2.05, 4.69) is 5.32 Å². The molecule has 1 saturated heterocycles. The van der Waals surface area contributed by atoms with E-state index in [1.165, 1.54) is 12.1 Å². The first-order valence-corrected chi connectivity index (χ1v) is 10.0. The molecule has 0 radical (unpaired) electrons. The first-order valence-electron chi connectivity index (χ1n) is 8.18. The summed E-state index contributed by atoms with van der Waals surface area (Å²) < 4.78 is 37.1. The standard InChI is InChI=1S/C17H23FN2O4S/c1-12-7-13(2)9-20(8-12)17(22)11-25(23,24)10-16(21)19-15-5-3-14(18)4-6-15/h3-6,12-13H,7-11H2,1-2H3,(H,19,21). The van der Waals surface area contributed by atoms with Gasteiger partial charge in [0.1, 0.15) is 17.3 Å². The van der Waals surface area contributed by atoms with E-state index in [1.807, 2.05) is 13.8 Å². The number of amides is 2. The molecule has 8 heteroatoms. The summed E-state index contributed by atoms with van der Waals surface area (Å²) in [6.45, 7) is 5.14. The van der Waals surface area contributed by atoms with Crippen LogP contribution < -0.4 is 5.32 Å². The van der Waals surface area contributed by atoms with E-state index in [9.17, 15) is 22.4 Å². The van der Waals surface area contributed by atoms with Gasteiger partial charge in [0.25, 0.3) is 0 Å². The van der Waals surface area contributed by atoms with Gasteiger partial charge in [-0.05, 0) is 42.5 Å². The quantitative estimate of drug-likeness (QED) is 0.855. The van der Waals surface area contributed by atoms with Gasteiger partial charge in [0.2, 0.25) is 11.8 Å². The highest BCUT2D eigenvalue weighted by Gasteiger charge is 2.29. The number of hydrogen-bond acceptors (Lipinski definition) is 4. The lowest BCUT2D eigenvalue weighted by molar-refractivity contribution is -0.131. The molecule has 2 rings (SSSR count). The Balaban J connectivity index is 1.91. The normalized spacial score (nSPS) is 21.0. The van der Waals surface area contributed by atoms with Crippen molar-refractivity contribution in [3.63, 3.8) is 0 Å². The van der Waals surface area contributed by atoms with Gasteiger partial charge in [0.15, 0.2) is 9.84 Å². The summed E-state index contributed by atoms with van der Waals surface area (Å²) in [5, 5.41) is 2.38. The molecule has 0 saturated carbocycles. The number of sulfone groups is 1. The summed E-state index contributed by atoms with van der Waals surface area (Å²) >= 11 is 0. The fourth-order valence-electron chi connectivity index (χ4n) is 3.13. The van der Waals surface area contributed by atoms with Crippen LogP contribution in [0.25, 0.3) is 0 Å². The number of anilines is 1. The third-order valence-electron chi connectivity index (χ3n) is 4.04. The Hall–Kier alpha value is -1.96. The smallest absolute Gasteiger partial charge is 0.239 e. The fourth-order valence-corrected chi connectivity index (χ4v) is 4.26. The van der Waals surface area contributed by atoms with Crippen molar-refractivity contribution in [3.8, 4) is 0 Å². The van der Waals surface area contributed by atoms with E-state index in [4.69, 9.17) is 0 Å². The first-order chi connectivity index (χ1) is 11.6. The highest BCUT2D eigenvalue weighted by molar-refractivity contribution is 7.92. The molecular weight excluding hydrogens is 347 g/mol. The summed E-state index contributed by atoms with van der Waals surface area (Å²) in [5.41, 5.74) is 0.298. The fraction of sp³-hybridized carbons (Fsp3) is 0.529. The van der Waals surface area contributed by atoms with Crippen molar-refractivity contribution in [1.82, 2.24) is 4.90 Å². The van der Waals surface area contributed by atoms with Crippen LogP contribution in [0.1, 0.15) is 20.3 Å². The maximum absolute atomic E-state index is 12.8. The molecule has 1 aromatic rings. The molecule has 1 aliphatic rings. The lowest BCUT2D eigenvalue weighted by atomic mass is 9.92. The number of carbonyl (C=O) groups is 2. The van der Waals surface area contributed by atoms with Crippen LogP contribution >= 0.6 is 0 Å². The lowest BCUT2D eigenvalue weighted by Crippen LogP contribution is -2.45. The SMILES string of the molecule is CC1CC(C)CN(C(=O)CS(=O)(=O)CC(=O)Nc2ccc(F)cc2)C1.